The van der Waals surface area contributed by atoms with Crippen LogP contribution in [0.1, 0.15) is 99.2 Å². The van der Waals surface area contributed by atoms with E-state index in [-0.39, 0.29) is 30.5 Å². The molecule has 1 aliphatic carbocycles. The van der Waals surface area contributed by atoms with E-state index in [9.17, 15) is 19.2 Å². The van der Waals surface area contributed by atoms with Gasteiger partial charge in [0.15, 0.2) is 5.78 Å². The second kappa shape index (κ2) is 23.2. The Kier molecular flexibility index (Phi) is 18.7. The highest BCUT2D eigenvalue weighted by Crippen LogP contribution is 2.33. The molecule has 0 saturated carbocycles. The third kappa shape index (κ3) is 15.9. The van der Waals surface area contributed by atoms with Crippen LogP contribution in [-0.4, -0.2) is 82.6 Å². The van der Waals surface area contributed by atoms with Crippen molar-refractivity contribution < 1.29 is 47.6 Å². The molecule has 0 spiro atoms. The van der Waals surface area contributed by atoms with Crippen LogP contribution in [0, 0.1) is 0 Å². The molecule has 0 radical (unpaired) electrons. The van der Waals surface area contributed by atoms with Crippen LogP contribution >= 0.6 is 0 Å². The van der Waals surface area contributed by atoms with Gasteiger partial charge in [-0.1, -0.05) is 12.1 Å². The minimum absolute atomic E-state index is 0.117. The monoisotopic (exact) mass is 738 g/mol. The quantitative estimate of drug-likeness (QED) is 0.0697. The molecule has 53 heavy (non-hydrogen) atoms. The standard InChI is InChI=1S/C41H58N2O10/c1-6-13-32-30-14-10-15-34(44)31(30)19-21-37(32)51-26-9-7-8-25-50-35-16-11-17-36(33(35)20-22-39(46)48-5)52-27-12-18-38(45)42-23-28-49-29-24-43-40(47)53-41(2,3)4/h6,11,16-17,19,21H,1,7-10,12-15,18,20,22-29H2,2-5H3,(H,42,45)(H,43,47). The Morgan fingerprint density at radius 3 is 2.08 bits per heavy atom. The Hall–Kier alpha value is -4.58. The number of esters is 1. The smallest absolute Gasteiger partial charge is 0.407 e. The number of fused-ring (bicyclic) bond motifs is 1. The lowest BCUT2D eigenvalue weighted by Gasteiger charge is -2.21. The van der Waals surface area contributed by atoms with Crippen molar-refractivity contribution in [1.29, 1.82) is 0 Å². The number of methoxy groups -OCH3 is 1. The van der Waals surface area contributed by atoms with Crippen LogP contribution in [0.15, 0.2) is 43.0 Å². The van der Waals surface area contributed by atoms with Gasteiger partial charge < -0.3 is 39.1 Å². The third-order valence-electron chi connectivity index (χ3n) is 8.36. The molecule has 0 atom stereocenters. The summed E-state index contributed by atoms with van der Waals surface area (Å²) in [5.41, 5.74) is 3.22. The number of hydrogen-bond acceptors (Lipinski definition) is 10. The first-order valence-electron chi connectivity index (χ1n) is 18.7. The van der Waals surface area contributed by atoms with Gasteiger partial charge in [-0.15, -0.1) is 6.58 Å². The van der Waals surface area contributed by atoms with Crippen molar-refractivity contribution >= 4 is 23.8 Å². The lowest BCUT2D eigenvalue weighted by molar-refractivity contribution is -0.140. The number of carbonyl (C=O) groups is 4. The maximum absolute atomic E-state index is 12.4. The summed E-state index contributed by atoms with van der Waals surface area (Å²) in [6, 6.07) is 9.37. The first-order chi connectivity index (χ1) is 25.5. The maximum atomic E-state index is 12.4. The molecule has 0 aromatic heterocycles. The van der Waals surface area contributed by atoms with Crippen molar-refractivity contribution in [3.8, 4) is 17.2 Å². The third-order valence-corrected chi connectivity index (χ3v) is 8.36. The molecule has 0 aliphatic heterocycles. The molecular weight excluding hydrogens is 680 g/mol. The number of nitrogens with one attached hydrogen (secondary N) is 2. The van der Waals surface area contributed by atoms with Gasteiger partial charge in [-0.2, -0.15) is 0 Å². The number of ketones is 1. The van der Waals surface area contributed by atoms with Crippen molar-refractivity contribution in [3.63, 3.8) is 0 Å². The molecule has 2 aromatic carbocycles. The minimum Gasteiger partial charge on any atom is -0.493 e. The molecule has 2 amide bonds. The van der Waals surface area contributed by atoms with E-state index in [0.29, 0.717) is 83.3 Å². The highest BCUT2D eigenvalue weighted by molar-refractivity contribution is 5.99. The van der Waals surface area contributed by atoms with E-state index < -0.39 is 11.7 Å². The predicted octanol–water partition coefficient (Wildman–Crippen LogP) is 6.48. The molecule has 3 rings (SSSR count). The van der Waals surface area contributed by atoms with Crippen LogP contribution in [0.4, 0.5) is 4.79 Å². The van der Waals surface area contributed by atoms with Gasteiger partial charge in [0.05, 0.1) is 40.1 Å². The summed E-state index contributed by atoms with van der Waals surface area (Å²) >= 11 is 0. The zero-order valence-electron chi connectivity index (χ0n) is 32.0. The van der Waals surface area contributed by atoms with E-state index in [1.807, 2.05) is 36.4 Å². The molecule has 0 fully saturated rings. The average Bonchev–Trinajstić information content (AvgIpc) is 3.12. The van der Waals surface area contributed by atoms with Gasteiger partial charge in [-0.05, 0) is 102 Å². The second-order valence-corrected chi connectivity index (χ2v) is 13.7. The summed E-state index contributed by atoms with van der Waals surface area (Å²) in [4.78, 5) is 48.3. The Bertz CT molecular complexity index is 1500. The molecule has 12 nitrogen and oxygen atoms in total. The number of Topliss-reactive ketones (excluding diaryl/α,β-unsaturated/α-hetero) is 1. The highest BCUT2D eigenvalue weighted by atomic mass is 16.6. The van der Waals surface area contributed by atoms with Crippen molar-refractivity contribution in [2.24, 2.45) is 0 Å². The summed E-state index contributed by atoms with van der Waals surface area (Å²) in [6.07, 6.45) is 8.29. The SMILES string of the molecule is C=CCc1c(OCCCCCOc2cccc(OCCCC(=O)NCCOCCNC(=O)OC(C)(C)C)c2CCC(=O)OC)ccc2c1CCCC2=O. The molecule has 0 unspecified atom stereocenters. The largest absolute Gasteiger partial charge is 0.493 e. The Labute approximate surface area is 314 Å². The molecule has 0 heterocycles. The molecule has 2 N–H and O–H groups in total. The van der Waals surface area contributed by atoms with Crippen molar-refractivity contribution in [1.82, 2.24) is 10.6 Å². The Morgan fingerprint density at radius 2 is 1.43 bits per heavy atom. The fraction of sp³-hybridized carbons (Fsp3) is 0.561. The summed E-state index contributed by atoms with van der Waals surface area (Å²) in [7, 11) is 1.36. The van der Waals surface area contributed by atoms with Gasteiger partial charge in [0, 0.05) is 49.0 Å². The topological polar surface area (TPSA) is 148 Å². The fourth-order valence-electron chi connectivity index (χ4n) is 5.83. The number of carbonyl (C=O) groups excluding carboxylic acids is 4. The number of allylic oxidation sites excluding steroid dienone is 1. The number of amides is 2. The van der Waals surface area contributed by atoms with E-state index >= 15 is 0 Å². The first kappa shape index (κ1) is 42.8. The number of hydrogen-bond donors (Lipinski definition) is 2. The van der Waals surface area contributed by atoms with Gasteiger partial charge in [0.25, 0.3) is 0 Å². The van der Waals surface area contributed by atoms with E-state index in [1.165, 1.54) is 7.11 Å². The summed E-state index contributed by atoms with van der Waals surface area (Å²) < 4.78 is 33.9. The molecule has 1 aliphatic rings. The lowest BCUT2D eigenvalue weighted by Crippen LogP contribution is -2.34. The number of unbranched alkanes of at least 4 members (excludes halogenated alkanes) is 2. The molecule has 292 valence electrons. The molecule has 0 saturated heterocycles. The van der Waals surface area contributed by atoms with Crippen molar-refractivity contribution in [2.45, 2.75) is 97.0 Å². The van der Waals surface area contributed by atoms with Crippen LogP contribution < -0.4 is 24.8 Å². The van der Waals surface area contributed by atoms with E-state index in [2.05, 4.69) is 17.2 Å². The van der Waals surface area contributed by atoms with Crippen LogP contribution in [-0.2, 0) is 43.1 Å². The van der Waals surface area contributed by atoms with Gasteiger partial charge in [-0.3, -0.25) is 14.4 Å². The molecule has 0 bridgehead atoms. The highest BCUT2D eigenvalue weighted by Gasteiger charge is 2.22. The van der Waals surface area contributed by atoms with E-state index in [0.717, 1.165) is 60.1 Å². The van der Waals surface area contributed by atoms with Gasteiger partial charge in [-0.25, -0.2) is 4.79 Å². The maximum Gasteiger partial charge on any atom is 0.407 e. The molecule has 2 aromatic rings. The zero-order chi connectivity index (χ0) is 38.5. The summed E-state index contributed by atoms with van der Waals surface area (Å²) in [5, 5.41) is 5.43. The number of alkyl carbamates (subject to hydrolysis) is 1. The zero-order valence-corrected chi connectivity index (χ0v) is 32.0. The first-order valence-corrected chi connectivity index (χ1v) is 18.7. The number of benzene rings is 2. The van der Waals surface area contributed by atoms with Crippen LogP contribution in [0.5, 0.6) is 17.2 Å². The van der Waals surface area contributed by atoms with Gasteiger partial charge in [0.1, 0.15) is 22.8 Å². The average molecular weight is 739 g/mol. The van der Waals surface area contributed by atoms with Crippen molar-refractivity contribution in [3.05, 3.63) is 65.2 Å². The van der Waals surface area contributed by atoms with Crippen LogP contribution in [0.25, 0.3) is 0 Å². The summed E-state index contributed by atoms with van der Waals surface area (Å²) in [5.74, 6) is 1.85. The van der Waals surface area contributed by atoms with Crippen molar-refractivity contribution in [2.75, 3.05) is 53.2 Å². The predicted molar refractivity (Wildman–Crippen MR) is 202 cm³/mol. The van der Waals surface area contributed by atoms with Crippen LogP contribution in [0.2, 0.25) is 0 Å². The lowest BCUT2D eigenvalue weighted by atomic mass is 9.86. The molecule has 12 heteroatoms. The van der Waals surface area contributed by atoms with E-state index in [1.54, 1.807) is 20.8 Å². The van der Waals surface area contributed by atoms with Gasteiger partial charge in [0.2, 0.25) is 5.91 Å². The number of ether oxygens (including phenoxy) is 6. The van der Waals surface area contributed by atoms with Crippen LogP contribution in [0.3, 0.4) is 0 Å². The normalized spacial score (nSPS) is 12.3. The van der Waals surface area contributed by atoms with E-state index in [4.69, 9.17) is 28.4 Å². The Morgan fingerprint density at radius 1 is 0.792 bits per heavy atom. The summed E-state index contributed by atoms with van der Waals surface area (Å²) in [6.45, 7) is 11.9. The van der Waals surface area contributed by atoms with Gasteiger partial charge >= 0.3 is 12.1 Å². The second-order valence-electron chi connectivity index (χ2n) is 13.7. The number of rotatable bonds is 24. The fourth-order valence-corrected chi connectivity index (χ4v) is 5.83. The Balaban J connectivity index is 1.37. The minimum atomic E-state index is -0.560. The molecular formula is C41H58N2O10.